The number of pyridine rings is 10. The van der Waals surface area contributed by atoms with E-state index in [9.17, 15) is 0 Å². The fraction of sp³-hybridized carbons (Fsp3) is 0.350. The number of furan rings is 5. The Morgan fingerprint density at radius 1 is 0.312 bits per heavy atom. The minimum atomic E-state index is -2.68. The molecule has 15 nitrogen and oxygen atoms in total. The summed E-state index contributed by atoms with van der Waals surface area (Å²) in [5, 5.41) is 10.0. The van der Waals surface area contributed by atoms with Crippen molar-refractivity contribution in [1.29, 1.82) is 0 Å². The highest BCUT2D eigenvalue weighted by Gasteiger charge is 2.31. The molecule has 0 saturated carbocycles. The molecule has 1 unspecified atom stereocenters. The molecule has 0 aliphatic heterocycles. The van der Waals surface area contributed by atoms with E-state index in [1.807, 2.05) is 77.5 Å². The monoisotopic (exact) mass is 1850 g/mol. The summed E-state index contributed by atoms with van der Waals surface area (Å²) in [6.07, 6.45) is 11.2. The fourth-order valence-electron chi connectivity index (χ4n) is 18.5. The Balaban J connectivity index is 0.000000133. The molecule has 15 heteroatoms. The van der Waals surface area contributed by atoms with Gasteiger partial charge in [-0.25, -0.2) is 47.8 Å². The lowest BCUT2D eigenvalue weighted by Crippen LogP contribution is -2.31. The van der Waals surface area contributed by atoms with Crippen LogP contribution >= 0.6 is 0 Å². The minimum absolute atomic E-state index is 0.00997. The Labute approximate surface area is 830 Å². The summed E-state index contributed by atoms with van der Waals surface area (Å²) in [6.45, 7) is 39.8. The van der Waals surface area contributed by atoms with Crippen molar-refractivity contribution in [2.24, 2.45) is 46.5 Å². The van der Waals surface area contributed by atoms with Gasteiger partial charge in [0, 0.05) is 163 Å². The number of hydrogen-bond donors (Lipinski definition) is 0. The first kappa shape index (κ1) is 83.9. The second-order valence-electron chi connectivity index (χ2n) is 40.9. The molecule has 15 aromatic heterocycles. The summed E-state index contributed by atoms with van der Waals surface area (Å²) < 4.78 is 129. The van der Waals surface area contributed by atoms with E-state index in [0.717, 1.165) is 161 Å². The first-order valence-corrected chi connectivity index (χ1v) is 48.5. The van der Waals surface area contributed by atoms with Gasteiger partial charge in [0.2, 0.25) is 57.0 Å². The third-order valence-electron chi connectivity index (χ3n) is 26.9. The van der Waals surface area contributed by atoms with Crippen LogP contribution in [-0.4, -0.2) is 24.9 Å². The van der Waals surface area contributed by atoms with Gasteiger partial charge < -0.3 is 22.1 Å². The molecule has 708 valence electrons. The summed E-state index contributed by atoms with van der Waals surface area (Å²) in [5.41, 5.74) is 32.0. The first-order valence-electron chi connectivity index (χ1n) is 54.0. The molecule has 0 aliphatic carbocycles. The topological polar surface area (TPSA) is 150 Å². The molecule has 0 amide bonds. The van der Waals surface area contributed by atoms with E-state index in [1.165, 1.54) is 69.7 Å². The molecule has 138 heavy (non-hydrogen) atoms. The molecule has 20 aromatic rings. The van der Waals surface area contributed by atoms with Gasteiger partial charge in [0.25, 0.3) is 0 Å². The van der Waals surface area contributed by atoms with Gasteiger partial charge in [0.1, 0.15) is 35.2 Å². The molecule has 1 atom stereocenters. The highest BCUT2D eigenvalue weighted by atomic mass is 16.4. The molecule has 5 aromatic carbocycles. The molecule has 0 spiro atoms. The Hall–Kier alpha value is -13.4. The Kier molecular flexibility index (Phi) is 23.9. The van der Waals surface area contributed by atoms with Crippen molar-refractivity contribution in [3.05, 3.63) is 297 Å². The van der Waals surface area contributed by atoms with E-state index in [2.05, 4.69) is 342 Å². The van der Waals surface area contributed by atoms with Gasteiger partial charge in [-0.1, -0.05) is 206 Å². The Morgan fingerprint density at radius 3 is 0.855 bits per heavy atom. The quantitative estimate of drug-likeness (QED) is 0.0908. The second kappa shape index (κ2) is 39.2. The van der Waals surface area contributed by atoms with Crippen molar-refractivity contribution in [3.63, 3.8) is 0 Å². The molecular weight excluding hydrogens is 1700 g/mol. The van der Waals surface area contributed by atoms with Crippen LogP contribution in [0, 0.1) is 45.9 Å². The summed E-state index contributed by atoms with van der Waals surface area (Å²) in [7, 11) is 10.3. The van der Waals surface area contributed by atoms with Gasteiger partial charge in [-0.3, -0.25) is 0 Å². The standard InChI is InChI=1S/C26H31N2O.2C25H29N2O.C24H27N2O.C23H25N2O/c1-16(2)18-12-13-28(7)22(14-18)23-17(3)8-10-20-21-11-9-19(15-26(4,5)6)27-25(21)29-24(20)23;1-15(2)17-12-13-27(7)20(14-17)22-16(3)8-9-18-19-10-11-21(25(4,5)6)26-24(19)28-23(18)22;1-15(2)13-19-8-10-21-20-9-7-17(5)23(24(20)28-25(21)26-19)22-14-18(16(3)4)11-12-27(22)6;1-14(2)17-11-12-26(6)21(13-17)22-16(5)7-8-18-19-9-10-20(15(3)4)25-24(19)27-23(18)22;1-6-17-8-10-19-18-9-7-15(4)21(22(18)26-23(19)24-17)20-13-16(14(2)3)11-12-25(20)5/h8-14,16H,15H2,1-7H3;8-15H,1-7H3;7-12,14-16H,13H2,1-6H3;7-15H,1-6H3;7-14H,6H2,1-5H3/q5*+1/i4D3,5D3;;1D3,15D;15D;. The molecule has 20 rings (SSSR count). The second-order valence-corrected chi connectivity index (χ2v) is 40.9. The van der Waals surface area contributed by atoms with E-state index in [-0.39, 0.29) is 18.3 Å². The first-order chi connectivity index (χ1) is 69.8. The zero-order chi connectivity index (χ0) is 108. The minimum Gasteiger partial charge on any atom is -0.437 e. The van der Waals surface area contributed by atoms with E-state index < -0.39 is 37.8 Å². The van der Waals surface area contributed by atoms with E-state index in [0.29, 0.717) is 69.4 Å². The lowest BCUT2D eigenvalue weighted by atomic mass is 9.90. The maximum absolute atomic E-state index is 8.28. The predicted octanol–water partition coefficient (Wildman–Crippen LogP) is 30.3. The van der Waals surface area contributed by atoms with Crippen molar-refractivity contribution >= 4 is 110 Å². The normalized spacial score (nSPS) is 14.1. The van der Waals surface area contributed by atoms with Crippen molar-refractivity contribution in [1.82, 2.24) is 24.9 Å². The van der Waals surface area contributed by atoms with Gasteiger partial charge >= 0.3 is 0 Å². The summed E-state index contributed by atoms with van der Waals surface area (Å²) in [5.74, 6) is -0.174. The number of aromatic nitrogens is 10. The van der Waals surface area contributed by atoms with Gasteiger partial charge in [0.15, 0.2) is 58.9 Å². The SMILES string of the molecule is CCc1ccc2c(n1)oc1c(-c3cc(C(C)C)cc[n+]3C)c(C)ccc12.Cc1ccc2c(oc3nc(C(C)(C)C)ccc32)c1-c1cc(C(C)C)cc[n+]1C.[2H]C(C)(C)c1ccc2c(n1)oc1c(-c3cc(C(C)C)cc[n+]3C)c(C)ccc12.[2H]C([2H])([2H])C(C)(Cc1ccc2c(n1)oc1c(-c3cc(C(C)C)cc[n+]3C)c(C)ccc12)C([2H])([2H])[2H].[2H]C([2H])([2H])C([2H])(C)Cc1ccc2c(n1)oc1c(-c3cc(C(C)C)cc[n+]3C)c(C)ccc12. The number of benzene rings is 5. The molecule has 0 aliphatic rings. The highest BCUT2D eigenvalue weighted by molar-refractivity contribution is 6.13. The van der Waals surface area contributed by atoms with Crippen molar-refractivity contribution in [2.75, 3.05) is 0 Å². The molecule has 0 bridgehead atoms. The third-order valence-corrected chi connectivity index (χ3v) is 26.9. The van der Waals surface area contributed by atoms with Gasteiger partial charge in [-0.2, -0.15) is 0 Å². The number of hydrogen-bond acceptors (Lipinski definition) is 10. The maximum atomic E-state index is 8.28. The Morgan fingerprint density at radius 2 is 0.572 bits per heavy atom. The van der Waals surface area contributed by atoms with Gasteiger partial charge in [-0.15, -0.1) is 0 Å². The molecule has 15 heterocycles. The molecule has 0 saturated heterocycles. The van der Waals surface area contributed by atoms with Gasteiger partial charge in [-0.05, 0) is 217 Å². The van der Waals surface area contributed by atoms with Crippen LogP contribution in [0.15, 0.2) is 235 Å². The lowest BCUT2D eigenvalue weighted by Gasteiger charge is -2.16. The van der Waals surface area contributed by atoms with Crippen LogP contribution in [-0.2, 0) is 59.9 Å². The molecule has 0 N–H and O–H groups in total. The van der Waals surface area contributed by atoms with Gasteiger partial charge in [0.05, 0.1) is 27.8 Å². The summed E-state index contributed by atoms with van der Waals surface area (Å²) in [4.78, 5) is 23.4. The van der Waals surface area contributed by atoms with E-state index in [4.69, 9.17) is 47.1 Å². The number of aryl methyl sites for hydroxylation is 11. The average molecular weight is 1850 g/mol. The van der Waals surface area contributed by atoms with Crippen molar-refractivity contribution in [2.45, 2.75) is 240 Å². The van der Waals surface area contributed by atoms with Crippen LogP contribution in [0.1, 0.15) is 280 Å². The Bertz CT molecular complexity index is 8340. The van der Waals surface area contributed by atoms with Crippen LogP contribution in [0.5, 0.6) is 0 Å². The number of rotatable bonds is 15. The van der Waals surface area contributed by atoms with Crippen LogP contribution in [0.3, 0.4) is 0 Å². The predicted molar refractivity (Wildman–Crippen MR) is 569 cm³/mol. The number of fused-ring (bicyclic) bond motifs is 15. The van der Waals surface area contributed by atoms with Crippen LogP contribution < -0.4 is 22.8 Å². The zero-order valence-electron chi connectivity index (χ0n) is 96.7. The number of nitrogens with zero attached hydrogens (tertiary/aromatic N) is 10. The van der Waals surface area contributed by atoms with Crippen LogP contribution in [0.4, 0.5) is 0 Å². The third kappa shape index (κ3) is 19.8. The molecular formula is C123H141N10O5+5. The van der Waals surface area contributed by atoms with E-state index in [1.54, 1.807) is 12.1 Å². The summed E-state index contributed by atoms with van der Waals surface area (Å²) in [6, 6.07) is 62.9. The summed E-state index contributed by atoms with van der Waals surface area (Å²) >= 11 is 0. The smallest absolute Gasteiger partial charge is 0.227 e. The lowest BCUT2D eigenvalue weighted by molar-refractivity contribution is -0.660. The molecule has 0 fully saturated rings. The molecule has 0 radical (unpaired) electrons. The van der Waals surface area contributed by atoms with Crippen LogP contribution in [0.2, 0.25) is 0 Å². The van der Waals surface area contributed by atoms with Crippen molar-refractivity contribution in [3.8, 4) is 56.3 Å². The average Bonchev–Trinajstić information content (AvgIpc) is 1.47. The zero-order valence-corrected chi connectivity index (χ0v) is 85.7. The van der Waals surface area contributed by atoms with E-state index >= 15 is 0 Å². The highest BCUT2D eigenvalue weighted by Crippen LogP contribution is 2.45. The van der Waals surface area contributed by atoms with Crippen LogP contribution in [0.25, 0.3) is 167 Å². The van der Waals surface area contributed by atoms with Crippen molar-refractivity contribution < 1.29 is 60.0 Å². The fourth-order valence-corrected chi connectivity index (χ4v) is 18.5. The largest absolute Gasteiger partial charge is 0.437 e. The maximum Gasteiger partial charge on any atom is 0.227 e.